The second-order valence-electron chi connectivity index (χ2n) is 5.81. The van der Waals surface area contributed by atoms with Gasteiger partial charge in [-0.05, 0) is 43.1 Å². The Kier molecular flexibility index (Phi) is 4.55. The van der Waals surface area contributed by atoms with Crippen LogP contribution in [0.1, 0.15) is 32.6 Å². The van der Waals surface area contributed by atoms with E-state index in [1.807, 2.05) is 17.8 Å². The van der Waals surface area contributed by atoms with Crippen LogP contribution in [0.2, 0.25) is 0 Å². The van der Waals surface area contributed by atoms with Gasteiger partial charge in [-0.3, -0.25) is 0 Å². The van der Waals surface area contributed by atoms with Gasteiger partial charge in [0.2, 0.25) is 5.90 Å². The van der Waals surface area contributed by atoms with Crippen LogP contribution in [0.5, 0.6) is 0 Å². The Hall–Kier alpha value is -1.00. The van der Waals surface area contributed by atoms with E-state index < -0.39 is 0 Å². The van der Waals surface area contributed by atoms with Gasteiger partial charge in [-0.15, -0.1) is 0 Å². The van der Waals surface area contributed by atoms with Gasteiger partial charge in [0, 0.05) is 16.7 Å². The molecule has 1 saturated heterocycles. The lowest BCUT2D eigenvalue weighted by Gasteiger charge is -2.29. The molecule has 1 fully saturated rings. The molecule has 1 aliphatic carbocycles. The molecule has 1 N–H and O–H groups in total. The van der Waals surface area contributed by atoms with Crippen molar-refractivity contribution in [1.82, 2.24) is 0 Å². The van der Waals surface area contributed by atoms with E-state index in [0.717, 1.165) is 36.4 Å². The van der Waals surface area contributed by atoms with E-state index >= 15 is 0 Å². The Morgan fingerprint density at radius 2 is 2.33 bits per heavy atom. The van der Waals surface area contributed by atoms with E-state index in [1.165, 1.54) is 17.7 Å². The largest absolute Gasteiger partial charge is 0.481 e. The van der Waals surface area contributed by atoms with Crippen LogP contribution in [0.4, 0.5) is 0 Å². The summed E-state index contributed by atoms with van der Waals surface area (Å²) in [6.45, 7) is 2.12. The molecule has 2 heterocycles. The van der Waals surface area contributed by atoms with Crippen LogP contribution >= 0.6 is 11.8 Å². The second-order valence-corrected chi connectivity index (χ2v) is 7.15. The van der Waals surface area contributed by atoms with Crippen molar-refractivity contribution in [3.63, 3.8) is 0 Å². The third-order valence-electron chi connectivity index (χ3n) is 4.48. The molecule has 0 spiro atoms. The van der Waals surface area contributed by atoms with Crippen LogP contribution in [0.25, 0.3) is 0 Å². The number of allylic oxidation sites excluding steroid dienone is 3. The predicted molar refractivity (Wildman–Crippen MR) is 88.6 cm³/mol. The molecule has 0 amide bonds. The third kappa shape index (κ3) is 2.97. The van der Waals surface area contributed by atoms with E-state index in [1.54, 1.807) is 7.11 Å². The maximum absolute atomic E-state index is 10.6. The van der Waals surface area contributed by atoms with E-state index in [2.05, 4.69) is 24.1 Å². The maximum Gasteiger partial charge on any atom is 0.216 e. The van der Waals surface area contributed by atoms with Gasteiger partial charge >= 0.3 is 0 Å². The average molecular weight is 305 g/mol. The molecule has 0 saturated carbocycles. The first-order chi connectivity index (χ1) is 10.2. The van der Waals surface area contributed by atoms with Crippen LogP contribution in [0, 0.1) is 5.92 Å². The SMILES string of the molecule is CCC1=CC2CC(C(O)C3CCCS3)=CC=C2N=C1OC. The number of nitrogens with zero attached hydrogens (tertiary/aromatic N) is 1. The molecule has 3 aliphatic rings. The highest BCUT2D eigenvalue weighted by molar-refractivity contribution is 8.00. The molecule has 3 nitrogen and oxygen atoms in total. The van der Waals surface area contributed by atoms with Crippen molar-refractivity contribution in [2.75, 3.05) is 12.9 Å². The normalized spacial score (nSPS) is 29.9. The Morgan fingerprint density at radius 1 is 1.48 bits per heavy atom. The van der Waals surface area contributed by atoms with Crippen molar-refractivity contribution in [2.24, 2.45) is 10.9 Å². The summed E-state index contributed by atoms with van der Waals surface area (Å²) in [6, 6.07) is 0. The van der Waals surface area contributed by atoms with Crippen LogP contribution in [0.15, 0.2) is 40.1 Å². The lowest BCUT2D eigenvalue weighted by Crippen LogP contribution is -2.27. The smallest absolute Gasteiger partial charge is 0.216 e. The molecule has 0 aromatic carbocycles. The first-order valence-electron chi connectivity index (χ1n) is 7.77. The van der Waals surface area contributed by atoms with Gasteiger partial charge in [0.1, 0.15) is 0 Å². The van der Waals surface area contributed by atoms with Gasteiger partial charge in [0.15, 0.2) is 0 Å². The molecule has 3 atom stereocenters. The number of aliphatic hydroxyl groups excluding tert-OH is 1. The zero-order valence-electron chi connectivity index (χ0n) is 12.7. The summed E-state index contributed by atoms with van der Waals surface area (Å²) >= 11 is 1.91. The molecule has 3 unspecified atom stereocenters. The number of thioether (sulfide) groups is 1. The molecule has 3 rings (SSSR count). The molecule has 21 heavy (non-hydrogen) atoms. The topological polar surface area (TPSA) is 41.8 Å². The number of ether oxygens (including phenoxy) is 1. The van der Waals surface area contributed by atoms with Gasteiger partial charge < -0.3 is 9.84 Å². The minimum absolute atomic E-state index is 0.292. The summed E-state index contributed by atoms with van der Waals surface area (Å²) in [4.78, 5) is 4.62. The van der Waals surface area contributed by atoms with Crippen molar-refractivity contribution < 1.29 is 9.84 Å². The first kappa shape index (κ1) is 14.9. The number of aliphatic imine (C=N–C) groups is 1. The fourth-order valence-corrected chi connectivity index (χ4v) is 4.59. The number of aliphatic hydroxyl groups is 1. The molecular weight excluding hydrogens is 282 g/mol. The van der Waals surface area contributed by atoms with Crippen LogP contribution in [-0.4, -0.2) is 35.2 Å². The van der Waals surface area contributed by atoms with Gasteiger partial charge in [-0.25, -0.2) is 4.99 Å². The van der Waals surface area contributed by atoms with Gasteiger partial charge in [0.25, 0.3) is 0 Å². The zero-order chi connectivity index (χ0) is 14.8. The minimum Gasteiger partial charge on any atom is -0.481 e. The molecule has 114 valence electrons. The molecule has 0 bridgehead atoms. The fraction of sp³-hybridized carbons (Fsp3) is 0.588. The highest BCUT2D eigenvalue weighted by Crippen LogP contribution is 2.38. The van der Waals surface area contributed by atoms with Crippen LogP contribution in [0.3, 0.4) is 0 Å². The van der Waals surface area contributed by atoms with Crippen molar-refractivity contribution in [3.05, 3.63) is 35.1 Å². The van der Waals surface area contributed by atoms with E-state index in [0.29, 0.717) is 11.2 Å². The van der Waals surface area contributed by atoms with Crippen molar-refractivity contribution in [2.45, 2.75) is 44.0 Å². The van der Waals surface area contributed by atoms with E-state index in [4.69, 9.17) is 4.74 Å². The van der Waals surface area contributed by atoms with Crippen molar-refractivity contribution in [1.29, 1.82) is 0 Å². The standard InChI is InChI=1S/C17H23NO2S/c1-3-11-9-13-10-12(16(19)15-5-4-8-21-15)6-7-14(13)18-17(11)20-2/h6-7,9,13,15-16,19H,3-5,8,10H2,1-2H3. The minimum atomic E-state index is -0.304. The average Bonchev–Trinajstić information content (AvgIpc) is 3.06. The number of methoxy groups -OCH3 is 1. The molecule has 4 heteroatoms. The van der Waals surface area contributed by atoms with Crippen molar-refractivity contribution >= 4 is 17.7 Å². The molecule has 0 aromatic rings. The first-order valence-corrected chi connectivity index (χ1v) is 8.82. The molecular formula is C17H23NO2S. The summed E-state index contributed by atoms with van der Waals surface area (Å²) in [5, 5.41) is 11.0. The predicted octanol–water partition coefficient (Wildman–Crippen LogP) is 3.47. The summed E-state index contributed by atoms with van der Waals surface area (Å²) in [5.41, 5.74) is 3.38. The monoisotopic (exact) mass is 305 g/mol. The van der Waals surface area contributed by atoms with Gasteiger partial charge in [0.05, 0.1) is 18.9 Å². The number of hydrogen-bond acceptors (Lipinski definition) is 4. The highest BCUT2D eigenvalue weighted by atomic mass is 32.2. The third-order valence-corrected chi connectivity index (χ3v) is 5.93. The molecule has 0 radical (unpaired) electrons. The van der Waals surface area contributed by atoms with Gasteiger partial charge in [-0.2, -0.15) is 11.8 Å². The Morgan fingerprint density at radius 3 is 3.00 bits per heavy atom. The van der Waals surface area contributed by atoms with Crippen LogP contribution in [-0.2, 0) is 4.74 Å². The Labute approximate surface area is 130 Å². The summed E-state index contributed by atoms with van der Waals surface area (Å²) < 4.78 is 5.37. The Bertz CT molecular complexity index is 527. The number of rotatable bonds is 3. The Balaban J connectivity index is 1.80. The maximum atomic E-state index is 10.6. The van der Waals surface area contributed by atoms with E-state index in [-0.39, 0.29) is 6.10 Å². The van der Waals surface area contributed by atoms with E-state index in [9.17, 15) is 5.11 Å². The summed E-state index contributed by atoms with van der Waals surface area (Å²) in [7, 11) is 1.67. The number of fused-ring (bicyclic) bond motifs is 1. The molecule has 2 aliphatic heterocycles. The van der Waals surface area contributed by atoms with Crippen LogP contribution < -0.4 is 0 Å². The molecule has 0 aromatic heterocycles. The lowest BCUT2D eigenvalue weighted by molar-refractivity contribution is 0.199. The van der Waals surface area contributed by atoms with Gasteiger partial charge in [-0.1, -0.05) is 19.1 Å². The zero-order valence-corrected chi connectivity index (χ0v) is 13.5. The summed E-state index contributed by atoms with van der Waals surface area (Å²) in [6.07, 6.45) is 10.2. The fourth-order valence-electron chi connectivity index (χ4n) is 3.27. The van der Waals surface area contributed by atoms with Crippen molar-refractivity contribution in [3.8, 4) is 0 Å². The second kappa shape index (κ2) is 6.41. The number of hydrogen-bond donors (Lipinski definition) is 1. The highest BCUT2D eigenvalue weighted by Gasteiger charge is 2.31. The lowest BCUT2D eigenvalue weighted by atomic mass is 9.84. The quantitative estimate of drug-likeness (QED) is 0.868. The summed E-state index contributed by atoms with van der Waals surface area (Å²) in [5.74, 6) is 2.21. The number of dihydropyridines is 1.